The van der Waals surface area contributed by atoms with Gasteiger partial charge in [-0.1, -0.05) is 11.6 Å². The average molecular weight is 482 g/mol. The second kappa shape index (κ2) is 11.2. The van der Waals surface area contributed by atoms with Crippen LogP contribution >= 0.6 is 11.6 Å². The molecule has 3 amide bonds. The molecule has 10 heteroatoms. The van der Waals surface area contributed by atoms with Crippen LogP contribution in [0, 0.1) is 5.82 Å². The van der Waals surface area contributed by atoms with E-state index in [-0.39, 0.29) is 12.5 Å². The second-order valence-corrected chi connectivity index (χ2v) is 9.93. The Morgan fingerprint density at radius 3 is 2.12 bits per heavy atom. The second-order valence-electron chi connectivity index (χ2n) is 8.04. The first-order chi connectivity index (χ1) is 14.9. The van der Waals surface area contributed by atoms with Crippen LogP contribution in [-0.2, 0) is 25.2 Å². The van der Waals surface area contributed by atoms with Crippen LogP contribution in [0.4, 0.5) is 15.8 Å². The molecule has 0 saturated heterocycles. The molecule has 2 rings (SSSR count). The highest BCUT2D eigenvalue weighted by Gasteiger charge is 2.24. The molecule has 0 aliphatic carbocycles. The molecule has 2 aromatic rings. The van der Waals surface area contributed by atoms with Crippen molar-refractivity contribution in [3.63, 3.8) is 0 Å². The monoisotopic (exact) mass is 481 g/mol. The lowest BCUT2D eigenvalue weighted by Crippen LogP contribution is -2.48. The molecule has 7 nitrogen and oxygen atoms in total. The molecule has 32 heavy (non-hydrogen) atoms. The standard InChI is InChI=1S/C22H25ClFN3O4S/c1-22(2,3)26-19(28)12-27(18-10-4-15(23)5-11-18)21(30)14-32(31)13-20(29)25-17-8-6-16(24)7-9-17/h4-11H,12-14H2,1-3H3,(H,25,29)(H,26,28)/t32-/m0/s1. The van der Waals surface area contributed by atoms with Crippen molar-refractivity contribution in [1.82, 2.24) is 5.32 Å². The Bertz CT molecular complexity index is 992. The van der Waals surface area contributed by atoms with Crippen LogP contribution < -0.4 is 15.5 Å². The zero-order valence-electron chi connectivity index (χ0n) is 18.0. The Hall–Kier alpha value is -2.78. The molecule has 2 aromatic carbocycles. The number of anilines is 2. The van der Waals surface area contributed by atoms with Crippen LogP contribution in [-0.4, -0.2) is 45.5 Å². The van der Waals surface area contributed by atoms with Crippen LogP contribution in [0.3, 0.4) is 0 Å². The van der Waals surface area contributed by atoms with Gasteiger partial charge in [-0.15, -0.1) is 0 Å². The quantitative estimate of drug-likeness (QED) is 0.605. The van der Waals surface area contributed by atoms with Crippen molar-refractivity contribution in [2.75, 3.05) is 28.3 Å². The van der Waals surface area contributed by atoms with Gasteiger partial charge in [0, 0.05) is 32.7 Å². The molecule has 172 valence electrons. The third kappa shape index (κ3) is 8.76. The third-order valence-corrected chi connectivity index (χ3v) is 5.37. The molecule has 0 spiro atoms. The minimum absolute atomic E-state index is 0.281. The van der Waals surface area contributed by atoms with Crippen LogP contribution in [0.1, 0.15) is 20.8 Å². The number of rotatable bonds is 8. The Balaban J connectivity index is 2.04. The van der Waals surface area contributed by atoms with Gasteiger partial charge in [-0.3, -0.25) is 18.6 Å². The maximum absolute atomic E-state index is 13.0. The molecule has 0 aliphatic heterocycles. The highest BCUT2D eigenvalue weighted by Crippen LogP contribution is 2.19. The summed E-state index contributed by atoms with van der Waals surface area (Å²) in [5, 5.41) is 5.73. The minimum atomic E-state index is -1.83. The van der Waals surface area contributed by atoms with E-state index in [9.17, 15) is 23.0 Å². The fourth-order valence-electron chi connectivity index (χ4n) is 2.69. The van der Waals surface area contributed by atoms with E-state index in [1.165, 1.54) is 29.2 Å². The molecule has 0 unspecified atom stereocenters. The summed E-state index contributed by atoms with van der Waals surface area (Å²) in [6.45, 7) is 5.16. The summed E-state index contributed by atoms with van der Waals surface area (Å²) in [6, 6.07) is 11.4. The summed E-state index contributed by atoms with van der Waals surface area (Å²) in [5.74, 6) is -2.88. The highest BCUT2D eigenvalue weighted by atomic mass is 35.5. The number of hydrogen-bond acceptors (Lipinski definition) is 4. The van der Waals surface area contributed by atoms with Gasteiger partial charge >= 0.3 is 0 Å². The van der Waals surface area contributed by atoms with E-state index in [0.29, 0.717) is 16.4 Å². The van der Waals surface area contributed by atoms with Crippen molar-refractivity contribution in [3.05, 3.63) is 59.4 Å². The van der Waals surface area contributed by atoms with E-state index in [4.69, 9.17) is 11.6 Å². The number of carbonyl (C=O) groups is 3. The lowest BCUT2D eigenvalue weighted by atomic mass is 10.1. The lowest BCUT2D eigenvalue weighted by Gasteiger charge is -2.26. The Kier molecular flexibility index (Phi) is 8.91. The smallest absolute Gasteiger partial charge is 0.240 e. The molecule has 0 fully saturated rings. The molecule has 0 heterocycles. The van der Waals surface area contributed by atoms with Gasteiger partial charge in [0.1, 0.15) is 23.9 Å². The molecule has 2 N–H and O–H groups in total. The van der Waals surface area contributed by atoms with Gasteiger partial charge in [0.25, 0.3) is 0 Å². The van der Waals surface area contributed by atoms with Crippen LogP contribution in [0.25, 0.3) is 0 Å². The lowest BCUT2D eigenvalue weighted by molar-refractivity contribution is -0.124. The van der Waals surface area contributed by atoms with E-state index in [1.807, 2.05) is 20.8 Å². The first kappa shape index (κ1) is 25.5. The Morgan fingerprint density at radius 2 is 1.56 bits per heavy atom. The number of benzene rings is 2. The van der Waals surface area contributed by atoms with Crippen molar-refractivity contribution >= 4 is 51.5 Å². The number of carbonyl (C=O) groups excluding carboxylic acids is 3. The highest BCUT2D eigenvalue weighted by molar-refractivity contribution is 7.86. The minimum Gasteiger partial charge on any atom is -0.350 e. The molecular weight excluding hydrogens is 457 g/mol. The number of nitrogens with one attached hydrogen (secondary N) is 2. The SMILES string of the molecule is CC(C)(C)NC(=O)CN(C(=O)C[S@@](=O)CC(=O)Nc1ccc(F)cc1)c1ccc(Cl)cc1. The molecule has 0 aliphatic rings. The first-order valence-corrected chi connectivity index (χ1v) is 11.6. The van der Waals surface area contributed by atoms with Gasteiger partial charge in [-0.05, 0) is 69.3 Å². The predicted octanol–water partition coefficient (Wildman–Crippen LogP) is 3.11. The largest absolute Gasteiger partial charge is 0.350 e. The molecule has 1 atom stereocenters. The van der Waals surface area contributed by atoms with E-state index in [0.717, 1.165) is 0 Å². The van der Waals surface area contributed by atoms with Gasteiger partial charge in [0.2, 0.25) is 17.7 Å². The van der Waals surface area contributed by atoms with Crippen LogP contribution in [0.2, 0.25) is 5.02 Å². The average Bonchev–Trinajstić information content (AvgIpc) is 2.67. The van der Waals surface area contributed by atoms with E-state index in [2.05, 4.69) is 10.6 Å². The molecular formula is C22H25ClFN3O4S. The zero-order chi connectivity index (χ0) is 23.9. The molecule has 0 bridgehead atoms. The Morgan fingerprint density at radius 1 is 0.969 bits per heavy atom. The normalized spacial score (nSPS) is 12.0. The summed E-state index contributed by atoms with van der Waals surface area (Å²) in [5.41, 5.74) is 0.269. The van der Waals surface area contributed by atoms with Crippen molar-refractivity contribution < 1.29 is 23.0 Å². The van der Waals surface area contributed by atoms with Gasteiger partial charge < -0.3 is 15.5 Å². The predicted molar refractivity (Wildman–Crippen MR) is 125 cm³/mol. The summed E-state index contributed by atoms with van der Waals surface area (Å²) >= 11 is 5.91. The third-order valence-electron chi connectivity index (χ3n) is 3.96. The van der Waals surface area contributed by atoms with Crippen molar-refractivity contribution in [1.29, 1.82) is 0 Å². The van der Waals surface area contributed by atoms with Crippen LogP contribution in [0.15, 0.2) is 48.5 Å². The first-order valence-electron chi connectivity index (χ1n) is 9.70. The molecule has 0 radical (unpaired) electrons. The summed E-state index contributed by atoms with van der Waals surface area (Å²) < 4.78 is 25.4. The van der Waals surface area contributed by atoms with Gasteiger partial charge in [-0.25, -0.2) is 4.39 Å². The van der Waals surface area contributed by atoms with Gasteiger partial charge in [0.05, 0.1) is 0 Å². The topological polar surface area (TPSA) is 95.6 Å². The van der Waals surface area contributed by atoms with E-state index < -0.39 is 45.5 Å². The number of nitrogens with zero attached hydrogens (tertiary/aromatic N) is 1. The van der Waals surface area contributed by atoms with Crippen molar-refractivity contribution in [3.8, 4) is 0 Å². The number of hydrogen-bond donors (Lipinski definition) is 2. The fraction of sp³-hybridized carbons (Fsp3) is 0.318. The Labute approximate surface area is 193 Å². The zero-order valence-corrected chi connectivity index (χ0v) is 19.6. The maximum Gasteiger partial charge on any atom is 0.240 e. The van der Waals surface area contributed by atoms with Crippen molar-refractivity contribution in [2.24, 2.45) is 0 Å². The van der Waals surface area contributed by atoms with E-state index in [1.54, 1.807) is 24.3 Å². The number of halogens is 2. The summed E-state index contributed by atoms with van der Waals surface area (Å²) in [6.07, 6.45) is 0. The summed E-state index contributed by atoms with van der Waals surface area (Å²) in [4.78, 5) is 38.6. The van der Waals surface area contributed by atoms with Gasteiger partial charge in [-0.2, -0.15) is 0 Å². The van der Waals surface area contributed by atoms with Gasteiger partial charge in [0.15, 0.2) is 0 Å². The summed E-state index contributed by atoms with van der Waals surface area (Å²) in [7, 11) is -1.83. The van der Waals surface area contributed by atoms with Crippen molar-refractivity contribution in [2.45, 2.75) is 26.3 Å². The van der Waals surface area contributed by atoms with E-state index >= 15 is 0 Å². The maximum atomic E-state index is 13.0. The molecule has 0 saturated carbocycles. The molecule has 0 aromatic heterocycles. The fourth-order valence-corrected chi connectivity index (χ4v) is 3.71. The van der Waals surface area contributed by atoms with Crippen LogP contribution in [0.5, 0.6) is 0 Å². The number of amides is 3.